The van der Waals surface area contributed by atoms with Crippen LogP contribution in [0.2, 0.25) is 0 Å². The summed E-state index contributed by atoms with van der Waals surface area (Å²) in [6.45, 7) is 3.55. The Morgan fingerprint density at radius 2 is 1.69 bits per heavy atom. The Hall–Kier alpha value is -2.06. The number of nitrogens with zero attached hydrogens (tertiary/aromatic N) is 1. The first kappa shape index (κ1) is 18.7. The maximum Gasteiger partial charge on any atom is 0.264 e. The Labute approximate surface area is 155 Å². The van der Waals surface area contributed by atoms with E-state index in [-0.39, 0.29) is 4.90 Å². The highest BCUT2D eigenvalue weighted by atomic mass is 32.2. The summed E-state index contributed by atoms with van der Waals surface area (Å²) in [5.41, 5.74) is 1.79. The second-order valence-corrected chi connectivity index (χ2v) is 10.6. The van der Waals surface area contributed by atoms with Crippen LogP contribution < -0.4 is 9.03 Å². The van der Waals surface area contributed by atoms with Crippen LogP contribution in [0.15, 0.2) is 53.4 Å². The maximum atomic E-state index is 13.0. The molecule has 1 N–H and O–H groups in total. The largest absolute Gasteiger partial charge is 0.283 e. The van der Waals surface area contributed by atoms with Crippen molar-refractivity contribution < 1.29 is 16.8 Å². The smallest absolute Gasteiger partial charge is 0.264 e. The van der Waals surface area contributed by atoms with E-state index in [4.69, 9.17) is 0 Å². The Morgan fingerprint density at radius 3 is 2.35 bits per heavy atom. The fourth-order valence-electron chi connectivity index (χ4n) is 2.86. The summed E-state index contributed by atoms with van der Waals surface area (Å²) in [4.78, 5) is 0.223. The van der Waals surface area contributed by atoms with Gasteiger partial charge in [0, 0.05) is 6.54 Å². The third-order valence-electron chi connectivity index (χ3n) is 4.37. The van der Waals surface area contributed by atoms with Crippen LogP contribution >= 0.6 is 0 Å². The van der Waals surface area contributed by atoms with Crippen molar-refractivity contribution in [2.75, 3.05) is 15.6 Å². The van der Waals surface area contributed by atoms with Gasteiger partial charge in [-0.1, -0.05) is 24.3 Å². The van der Waals surface area contributed by atoms with E-state index in [9.17, 15) is 16.8 Å². The monoisotopic (exact) mass is 394 g/mol. The Balaban J connectivity index is 2.03. The predicted octanol–water partition coefficient (Wildman–Crippen LogP) is 2.98. The van der Waals surface area contributed by atoms with Gasteiger partial charge in [0.25, 0.3) is 10.0 Å². The zero-order valence-corrected chi connectivity index (χ0v) is 16.3. The summed E-state index contributed by atoms with van der Waals surface area (Å²) in [6, 6.07) is 13.3. The molecule has 2 aromatic rings. The highest BCUT2D eigenvalue weighted by Crippen LogP contribution is 2.34. The topological polar surface area (TPSA) is 83.6 Å². The van der Waals surface area contributed by atoms with Crippen LogP contribution in [0.25, 0.3) is 0 Å². The molecule has 26 heavy (non-hydrogen) atoms. The zero-order valence-electron chi connectivity index (χ0n) is 14.7. The van der Waals surface area contributed by atoms with E-state index in [1.807, 2.05) is 0 Å². The number of nitrogens with one attached hydrogen (secondary N) is 1. The lowest BCUT2D eigenvalue weighted by Gasteiger charge is -2.31. The highest BCUT2D eigenvalue weighted by Gasteiger charge is 2.29. The number of aryl methyl sites for hydroxylation is 1. The lowest BCUT2D eigenvalue weighted by Crippen LogP contribution is -2.35. The van der Waals surface area contributed by atoms with E-state index in [0.29, 0.717) is 17.9 Å². The van der Waals surface area contributed by atoms with Gasteiger partial charge in [-0.25, -0.2) is 16.8 Å². The number of benzene rings is 2. The molecule has 1 aliphatic rings. The van der Waals surface area contributed by atoms with Crippen LogP contribution in [-0.4, -0.2) is 28.6 Å². The number of fused-ring (bicyclic) bond motifs is 1. The van der Waals surface area contributed by atoms with Crippen molar-refractivity contribution in [1.29, 1.82) is 0 Å². The van der Waals surface area contributed by atoms with Gasteiger partial charge in [-0.2, -0.15) is 0 Å². The predicted molar refractivity (Wildman–Crippen MR) is 103 cm³/mol. The number of rotatable bonds is 5. The molecule has 0 amide bonds. The van der Waals surface area contributed by atoms with Crippen molar-refractivity contribution in [1.82, 2.24) is 0 Å². The summed E-state index contributed by atoms with van der Waals surface area (Å²) in [5, 5.41) is -0.581. The minimum Gasteiger partial charge on any atom is -0.283 e. The quantitative estimate of drug-likeness (QED) is 0.845. The molecule has 0 radical (unpaired) electrons. The highest BCUT2D eigenvalue weighted by molar-refractivity contribution is 7.93. The molecule has 0 saturated heterocycles. The standard InChI is InChI=1S/C18H22N2O4S2/c1-14(2)25(21,22)19-16-11-10-15-7-6-12-20(18(15)13-16)26(23,24)17-8-4-3-5-9-17/h3-5,8-11,13-14,19H,6-7,12H2,1-2H3. The molecule has 3 rings (SSSR count). The molecule has 0 bridgehead atoms. The molecule has 0 unspecified atom stereocenters. The molecule has 0 atom stereocenters. The van der Waals surface area contributed by atoms with E-state index in [2.05, 4.69) is 4.72 Å². The SMILES string of the molecule is CC(C)S(=O)(=O)Nc1ccc2c(c1)N(S(=O)(=O)c1ccccc1)CCC2. The molecule has 1 heterocycles. The van der Waals surface area contributed by atoms with Crippen LogP contribution in [-0.2, 0) is 26.5 Å². The van der Waals surface area contributed by atoms with Gasteiger partial charge in [0.2, 0.25) is 10.0 Å². The molecule has 0 aromatic heterocycles. The molecule has 1 aliphatic heterocycles. The van der Waals surface area contributed by atoms with Gasteiger partial charge in [0.15, 0.2) is 0 Å². The molecule has 2 aromatic carbocycles. The van der Waals surface area contributed by atoms with E-state index in [0.717, 1.165) is 18.4 Å². The van der Waals surface area contributed by atoms with Crippen molar-refractivity contribution >= 4 is 31.4 Å². The summed E-state index contributed by atoms with van der Waals surface area (Å²) in [6.07, 6.45) is 1.48. The lowest BCUT2D eigenvalue weighted by atomic mass is 10.0. The fraction of sp³-hybridized carbons (Fsp3) is 0.333. The van der Waals surface area contributed by atoms with Gasteiger partial charge in [-0.3, -0.25) is 9.03 Å². The Morgan fingerprint density at radius 1 is 1.00 bits per heavy atom. The van der Waals surface area contributed by atoms with Gasteiger partial charge in [-0.05, 0) is 56.5 Å². The maximum absolute atomic E-state index is 13.0. The van der Waals surface area contributed by atoms with Crippen LogP contribution in [0.1, 0.15) is 25.8 Å². The normalized spacial score (nSPS) is 15.0. The summed E-state index contributed by atoms with van der Waals surface area (Å²) in [7, 11) is -7.20. The van der Waals surface area contributed by atoms with Gasteiger partial charge in [0.1, 0.15) is 0 Å². The average Bonchev–Trinajstić information content (AvgIpc) is 2.61. The van der Waals surface area contributed by atoms with Crippen molar-refractivity contribution in [3.8, 4) is 0 Å². The third-order valence-corrected chi connectivity index (χ3v) is 7.96. The summed E-state index contributed by atoms with van der Waals surface area (Å²) >= 11 is 0. The van der Waals surface area contributed by atoms with Crippen LogP contribution in [0.3, 0.4) is 0 Å². The zero-order chi connectivity index (χ0) is 18.9. The first-order valence-electron chi connectivity index (χ1n) is 8.44. The molecule has 0 fully saturated rings. The molecule has 8 heteroatoms. The molecule has 0 saturated carbocycles. The number of hydrogen-bond donors (Lipinski definition) is 1. The molecular formula is C18H22N2O4S2. The molecule has 0 aliphatic carbocycles. The van der Waals surface area contributed by atoms with Crippen LogP contribution in [0.4, 0.5) is 11.4 Å². The van der Waals surface area contributed by atoms with Gasteiger partial charge >= 0.3 is 0 Å². The summed E-state index contributed by atoms with van der Waals surface area (Å²) < 4.78 is 54.2. The minimum atomic E-state index is -3.70. The number of sulfonamides is 2. The van der Waals surface area contributed by atoms with E-state index in [1.165, 1.54) is 4.31 Å². The average molecular weight is 395 g/mol. The fourth-order valence-corrected chi connectivity index (χ4v) is 5.10. The van der Waals surface area contributed by atoms with Crippen molar-refractivity contribution in [2.45, 2.75) is 36.8 Å². The number of hydrogen-bond acceptors (Lipinski definition) is 4. The third kappa shape index (κ3) is 3.57. The van der Waals surface area contributed by atoms with Crippen LogP contribution in [0.5, 0.6) is 0 Å². The van der Waals surface area contributed by atoms with E-state index in [1.54, 1.807) is 62.4 Å². The number of anilines is 2. The van der Waals surface area contributed by atoms with Crippen LogP contribution in [0, 0.1) is 0 Å². The lowest BCUT2D eigenvalue weighted by molar-refractivity contribution is 0.586. The Bertz CT molecular complexity index is 1000. The van der Waals surface area contributed by atoms with E-state index < -0.39 is 25.3 Å². The van der Waals surface area contributed by atoms with Gasteiger partial charge in [0.05, 0.1) is 21.5 Å². The first-order chi connectivity index (χ1) is 12.2. The molecule has 0 spiro atoms. The van der Waals surface area contributed by atoms with Gasteiger partial charge in [-0.15, -0.1) is 0 Å². The van der Waals surface area contributed by atoms with Gasteiger partial charge < -0.3 is 0 Å². The van der Waals surface area contributed by atoms with Crippen molar-refractivity contribution in [3.63, 3.8) is 0 Å². The van der Waals surface area contributed by atoms with Crippen molar-refractivity contribution in [3.05, 3.63) is 54.1 Å². The van der Waals surface area contributed by atoms with Crippen molar-refractivity contribution in [2.24, 2.45) is 0 Å². The molecule has 140 valence electrons. The second-order valence-electron chi connectivity index (χ2n) is 6.53. The Kier molecular flexibility index (Phi) is 4.98. The molecule has 6 nitrogen and oxygen atoms in total. The first-order valence-corrected chi connectivity index (χ1v) is 11.4. The molecular weight excluding hydrogens is 372 g/mol. The summed E-state index contributed by atoms with van der Waals surface area (Å²) in [5.74, 6) is 0. The van der Waals surface area contributed by atoms with E-state index >= 15 is 0 Å². The second kappa shape index (κ2) is 6.92. The minimum absolute atomic E-state index is 0.223.